The van der Waals surface area contributed by atoms with Crippen molar-refractivity contribution in [2.24, 2.45) is 16.3 Å². The summed E-state index contributed by atoms with van der Waals surface area (Å²) in [6, 6.07) is 0.241. The summed E-state index contributed by atoms with van der Waals surface area (Å²) in [5, 5.41) is 0. The number of likely N-dealkylation sites (N-methyl/N-ethyl adjacent to an activating group) is 1. The van der Waals surface area contributed by atoms with Crippen LogP contribution in [-0.4, -0.2) is 43.1 Å². The van der Waals surface area contributed by atoms with Gasteiger partial charge >= 0.3 is 0 Å². The maximum Gasteiger partial charge on any atom is 0.143 e. The third-order valence-electron chi connectivity index (χ3n) is 2.86. The van der Waals surface area contributed by atoms with Gasteiger partial charge in [0.2, 0.25) is 0 Å². The molecular weight excluding hydrogens is 224 g/mol. The van der Waals surface area contributed by atoms with Crippen LogP contribution in [0.3, 0.4) is 0 Å². The summed E-state index contributed by atoms with van der Waals surface area (Å²) in [7, 11) is 4.09. The van der Waals surface area contributed by atoms with Gasteiger partial charge in [-0.05, 0) is 26.9 Å². The van der Waals surface area contributed by atoms with Gasteiger partial charge in [0.1, 0.15) is 5.78 Å². The molecule has 18 heavy (non-hydrogen) atoms. The van der Waals surface area contributed by atoms with Crippen LogP contribution in [0.25, 0.3) is 0 Å². The molecule has 0 aliphatic rings. The van der Waals surface area contributed by atoms with Crippen molar-refractivity contribution in [3.63, 3.8) is 0 Å². The summed E-state index contributed by atoms with van der Waals surface area (Å²) in [5.41, 5.74) is 0.754. The highest BCUT2D eigenvalue weighted by atomic mass is 16.1. The average Bonchev–Trinajstić information content (AvgIpc) is 2.13. The van der Waals surface area contributed by atoms with Gasteiger partial charge in [0, 0.05) is 24.1 Å². The van der Waals surface area contributed by atoms with Gasteiger partial charge in [0.05, 0.1) is 6.04 Å². The highest BCUT2D eigenvalue weighted by molar-refractivity contribution is 6.04. The monoisotopic (exact) mass is 254 g/mol. The minimum absolute atomic E-state index is 0.241. The molecule has 1 atom stereocenters. The van der Waals surface area contributed by atoms with Crippen LogP contribution >= 0.6 is 0 Å². The van der Waals surface area contributed by atoms with Crippen molar-refractivity contribution in [3.8, 4) is 0 Å². The third kappa shape index (κ3) is 6.90. The molecule has 0 saturated carbocycles. The Hall–Kier alpha value is -0.700. The van der Waals surface area contributed by atoms with Crippen LogP contribution in [0, 0.1) is 11.3 Å². The Kier molecular flexibility index (Phi) is 6.76. The number of nitrogens with zero attached hydrogens (tertiary/aromatic N) is 2. The number of carbonyl (C=O) groups excluding carboxylic acids is 1. The van der Waals surface area contributed by atoms with Crippen molar-refractivity contribution >= 4 is 11.5 Å². The topological polar surface area (TPSA) is 32.7 Å². The van der Waals surface area contributed by atoms with Gasteiger partial charge in [-0.1, -0.05) is 34.6 Å². The second kappa shape index (κ2) is 7.03. The first-order valence-electron chi connectivity index (χ1n) is 6.78. The van der Waals surface area contributed by atoms with E-state index in [1.54, 1.807) is 0 Å². The Labute approximate surface area is 113 Å². The molecule has 3 heteroatoms. The maximum absolute atomic E-state index is 12.1. The number of ketones is 1. The highest BCUT2D eigenvalue weighted by Gasteiger charge is 2.23. The van der Waals surface area contributed by atoms with E-state index in [-0.39, 0.29) is 17.2 Å². The summed E-state index contributed by atoms with van der Waals surface area (Å²) in [6.45, 7) is 13.1. The highest BCUT2D eigenvalue weighted by Crippen LogP contribution is 2.19. The SMILES string of the molecule is CC(CN(C)C)/N=C(/CC(=O)C(C)(C)C)C(C)C. The number of aliphatic imine (C=N–C) groups is 1. The molecule has 0 amide bonds. The summed E-state index contributed by atoms with van der Waals surface area (Å²) < 4.78 is 0. The van der Waals surface area contributed by atoms with Crippen LogP contribution in [0.15, 0.2) is 4.99 Å². The van der Waals surface area contributed by atoms with E-state index in [9.17, 15) is 4.79 Å². The second-order valence-corrected chi connectivity index (χ2v) is 6.74. The molecule has 0 aromatic carbocycles. The fourth-order valence-corrected chi connectivity index (χ4v) is 1.68. The van der Waals surface area contributed by atoms with E-state index in [1.165, 1.54) is 0 Å². The van der Waals surface area contributed by atoms with Crippen LogP contribution in [0.2, 0.25) is 0 Å². The Morgan fingerprint density at radius 2 is 1.67 bits per heavy atom. The van der Waals surface area contributed by atoms with E-state index in [4.69, 9.17) is 4.99 Å². The smallest absolute Gasteiger partial charge is 0.143 e. The van der Waals surface area contributed by atoms with Gasteiger partial charge in [-0.15, -0.1) is 0 Å². The number of hydrogen-bond donors (Lipinski definition) is 0. The van der Waals surface area contributed by atoms with Crippen molar-refractivity contribution in [2.75, 3.05) is 20.6 Å². The van der Waals surface area contributed by atoms with Crippen molar-refractivity contribution in [3.05, 3.63) is 0 Å². The molecule has 0 radical (unpaired) electrons. The molecule has 0 rings (SSSR count). The summed E-state index contributed by atoms with van der Waals surface area (Å²) >= 11 is 0. The number of rotatable bonds is 6. The molecule has 0 aliphatic carbocycles. The summed E-state index contributed by atoms with van der Waals surface area (Å²) in [4.78, 5) is 18.9. The van der Waals surface area contributed by atoms with Crippen LogP contribution < -0.4 is 0 Å². The fourth-order valence-electron chi connectivity index (χ4n) is 1.68. The average molecular weight is 254 g/mol. The van der Waals surface area contributed by atoms with Gasteiger partial charge in [0.15, 0.2) is 0 Å². The fraction of sp³-hybridized carbons (Fsp3) is 0.867. The Morgan fingerprint density at radius 1 is 1.17 bits per heavy atom. The maximum atomic E-state index is 12.1. The van der Waals surface area contributed by atoms with E-state index >= 15 is 0 Å². The molecule has 0 bridgehead atoms. The lowest BCUT2D eigenvalue weighted by Gasteiger charge is -2.21. The zero-order valence-corrected chi connectivity index (χ0v) is 13.4. The normalized spacial score (nSPS) is 15.3. The molecule has 1 unspecified atom stereocenters. The van der Waals surface area contributed by atoms with Gasteiger partial charge < -0.3 is 4.90 Å². The predicted octanol–water partition coefficient (Wildman–Crippen LogP) is 3.04. The largest absolute Gasteiger partial charge is 0.307 e. The lowest BCUT2D eigenvalue weighted by Crippen LogP contribution is -2.28. The minimum atomic E-state index is -0.277. The van der Waals surface area contributed by atoms with Crippen molar-refractivity contribution < 1.29 is 4.79 Å². The molecule has 106 valence electrons. The summed E-state index contributed by atoms with van der Waals surface area (Å²) in [5.74, 6) is 0.605. The molecule has 0 saturated heterocycles. The molecular formula is C15H30N2O. The third-order valence-corrected chi connectivity index (χ3v) is 2.86. The van der Waals surface area contributed by atoms with E-state index in [0.29, 0.717) is 12.3 Å². The number of Topliss-reactive ketones (excluding diaryl/α,β-unsaturated/α-hetero) is 1. The Balaban J connectivity index is 4.77. The van der Waals surface area contributed by atoms with Gasteiger partial charge in [0.25, 0.3) is 0 Å². The molecule has 0 aromatic rings. The van der Waals surface area contributed by atoms with Crippen LogP contribution in [0.1, 0.15) is 48.0 Å². The zero-order valence-electron chi connectivity index (χ0n) is 13.4. The molecule has 0 aromatic heterocycles. The molecule has 3 nitrogen and oxygen atoms in total. The molecule has 0 heterocycles. The minimum Gasteiger partial charge on any atom is -0.307 e. The summed E-state index contributed by atoms with van der Waals surface area (Å²) in [6.07, 6.45) is 0.485. The van der Waals surface area contributed by atoms with Gasteiger partial charge in [-0.2, -0.15) is 0 Å². The van der Waals surface area contributed by atoms with Crippen molar-refractivity contribution in [1.82, 2.24) is 4.90 Å². The van der Waals surface area contributed by atoms with E-state index in [0.717, 1.165) is 12.3 Å². The Morgan fingerprint density at radius 3 is 2.00 bits per heavy atom. The quantitative estimate of drug-likeness (QED) is 0.683. The Bertz CT molecular complexity index is 298. The first-order valence-corrected chi connectivity index (χ1v) is 6.78. The van der Waals surface area contributed by atoms with E-state index < -0.39 is 0 Å². The molecule has 0 N–H and O–H groups in total. The molecule has 0 fully saturated rings. The lowest BCUT2D eigenvalue weighted by atomic mass is 9.86. The molecule has 0 aliphatic heterocycles. The van der Waals surface area contributed by atoms with Crippen LogP contribution in [0.5, 0.6) is 0 Å². The van der Waals surface area contributed by atoms with Crippen LogP contribution in [-0.2, 0) is 4.79 Å². The van der Waals surface area contributed by atoms with Gasteiger partial charge in [-0.25, -0.2) is 0 Å². The standard InChI is InChI=1S/C15H30N2O/c1-11(2)13(9-14(18)15(4,5)6)16-12(3)10-17(7)8/h11-12H,9-10H2,1-8H3/b16-13-. The second-order valence-electron chi connectivity index (χ2n) is 6.74. The lowest BCUT2D eigenvalue weighted by molar-refractivity contribution is -0.125. The van der Waals surface area contributed by atoms with Gasteiger partial charge in [-0.3, -0.25) is 9.79 Å². The number of carbonyl (C=O) groups is 1. The van der Waals surface area contributed by atoms with E-state index in [2.05, 4.69) is 25.7 Å². The number of hydrogen-bond acceptors (Lipinski definition) is 3. The van der Waals surface area contributed by atoms with Crippen molar-refractivity contribution in [1.29, 1.82) is 0 Å². The molecule has 0 spiro atoms. The zero-order chi connectivity index (χ0) is 14.5. The van der Waals surface area contributed by atoms with E-state index in [1.807, 2.05) is 34.9 Å². The first kappa shape index (κ1) is 17.3. The first-order chi connectivity index (χ1) is 8.04. The van der Waals surface area contributed by atoms with Crippen molar-refractivity contribution in [2.45, 2.75) is 54.0 Å². The van der Waals surface area contributed by atoms with Crippen LogP contribution in [0.4, 0.5) is 0 Å². The predicted molar refractivity (Wildman–Crippen MR) is 79.4 cm³/mol.